The molecule has 1 aromatic rings. The third-order valence-corrected chi connectivity index (χ3v) is 2.42. The van der Waals surface area contributed by atoms with Crippen molar-refractivity contribution < 1.29 is 4.74 Å². The van der Waals surface area contributed by atoms with E-state index < -0.39 is 0 Å². The van der Waals surface area contributed by atoms with E-state index in [4.69, 9.17) is 15.9 Å². The second-order valence-corrected chi connectivity index (χ2v) is 3.83. The van der Waals surface area contributed by atoms with Gasteiger partial charge in [-0.15, -0.1) is 0 Å². The summed E-state index contributed by atoms with van der Waals surface area (Å²) in [5.74, 6) is 1.05. The topological polar surface area (TPSA) is 59.1 Å². The molecule has 0 aliphatic heterocycles. The van der Waals surface area contributed by atoms with Gasteiger partial charge in [0.1, 0.15) is 5.75 Å². The van der Waals surface area contributed by atoms with Gasteiger partial charge in [0.05, 0.1) is 12.4 Å². The first kappa shape index (κ1) is 11.6. The van der Waals surface area contributed by atoms with Gasteiger partial charge in [0.2, 0.25) is 0 Å². The van der Waals surface area contributed by atoms with Crippen LogP contribution < -0.4 is 10.5 Å². The third kappa shape index (κ3) is 3.27. The highest BCUT2D eigenvalue weighted by Crippen LogP contribution is 2.22. The first-order valence-electron chi connectivity index (χ1n) is 5.04. The normalized spacial score (nSPS) is 10.1. The van der Waals surface area contributed by atoms with E-state index in [1.54, 1.807) is 0 Å². The van der Waals surface area contributed by atoms with Gasteiger partial charge in [0.15, 0.2) is 0 Å². The molecule has 0 aliphatic carbocycles. The largest absolute Gasteiger partial charge is 0.493 e. The fourth-order valence-electron chi connectivity index (χ4n) is 1.36. The van der Waals surface area contributed by atoms with Crippen LogP contribution in [-0.2, 0) is 0 Å². The molecule has 0 saturated carbocycles. The first-order valence-corrected chi connectivity index (χ1v) is 5.04. The molecule has 0 unspecified atom stereocenters. The average Bonchev–Trinajstić information content (AvgIpc) is 2.13. The van der Waals surface area contributed by atoms with E-state index in [0.717, 1.165) is 11.3 Å². The van der Waals surface area contributed by atoms with Crippen LogP contribution in [0.15, 0.2) is 12.1 Å². The standard InChI is InChI=1S/C12H18N2O/c1-8-6-10(3)11(7-9(8)2)15-5-4-12(13)14/h6-7H,4-5H2,1-3H3,(H3,13,14). The van der Waals surface area contributed by atoms with Crippen LogP contribution in [0.1, 0.15) is 23.1 Å². The number of nitrogens with two attached hydrogens (primary N) is 1. The Morgan fingerprint density at radius 1 is 1.20 bits per heavy atom. The Bertz CT molecular complexity index is 372. The van der Waals surface area contributed by atoms with Crippen LogP contribution in [0.3, 0.4) is 0 Å². The number of benzene rings is 1. The molecule has 0 aromatic heterocycles. The molecule has 3 heteroatoms. The molecule has 0 bridgehead atoms. The van der Waals surface area contributed by atoms with Crippen LogP contribution in [0, 0.1) is 26.2 Å². The van der Waals surface area contributed by atoms with Crippen LogP contribution in [-0.4, -0.2) is 12.4 Å². The van der Waals surface area contributed by atoms with Gasteiger partial charge in [-0.3, -0.25) is 5.41 Å². The molecule has 0 fully saturated rings. The molecular formula is C12H18N2O. The number of hydrogen-bond acceptors (Lipinski definition) is 2. The van der Waals surface area contributed by atoms with E-state index in [-0.39, 0.29) is 5.84 Å². The Labute approximate surface area is 90.8 Å². The quantitative estimate of drug-likeness (QED) is 0.586. The highest BCUT2D eigenvalue weighted by Gasteiger charge is 2.02. The van der Waals surface area contributed by atoms with Crippen molar-refractivity contribution in [3.05, 3.63) is 28.8 Å². The summed E-state index contributed by atoms with van der Waals surface area (Å²) in [4.78, 5) is 0. The summed E-state index contributed by atoms with van der Waals surface area (Å²) in [6.07, 6.45) is 0.479. The predicted molar refractivity (Wildman–Crippen MR) is 62.7 cm³/mol. The lowest BCUT2D eigenvalue weighted by molar-refractivity contribution is 0.326. The van der Waals surface area contributed by atoms with Crippen molar-refractivity contribution in [3.8, 4) is 5.75 Å². The zero-order chi connectivity index (χ0) is 11.4. The summed E-state index contributed by atoms with van der Waals surface area (Å²) >= 11 is 0. The lowest BCUT2D eigenvalue weighted by Gasteiger charge is -2.11. The Morgan fingerprint density at radius 3 is 2.40 bits per heavy atom. The van der Waals surface area contributed by atoms with E-state index in [2.05, 4.69) is 19.9 Å². The lowest BCUT2D eigenvalue weighted by Crippen LogP contribution is -2.14. The van der Waals surface area contributed by atoms with Crippen LogP contribution in [0.4, 0.5) is 0 Å². The second-order valence-electron chi connectivity index (χ2n) is 3.83. The molecule has 3 nitrogen and oxygen atoms in total. The van der Waals surface area contributed by atoms with Crippen molar-refractivity contribution >= 4 is 5.84 Å². The van der Waals surface area contributed by atoms with Crippen LogP contribution >= 0.6 is 0 Å². The number of hydrogen-bond donors (Lipinski definition) is 2. The summed E-state index contributed by atoms with van der Waals surface area (Å²) < 4.78 is 5.56. The summed E-state index contributed by atoms with van der Waals surface area (Å²) in [7, 11) is 0. The number of amidine groups is 1. The SMILES string of the molecule is Cc1cc(C)c(OCCC(=N)N)cc1C. The van der Waals surface area contributed by atoms with Crippen LogP contribution in [0.25, 0.3) is 0 Å². The summed E-state index contributed by atoms with van der Waals surface area (Å²) in [5.41, 5.74) is 8.87. The molecule has 3 N–H and O–H groups in total. The van der Waals surface area contributed by atoms with E-state index in [1.165, 1.54) is 11.1 Å². The van der Waals surface area contributed by atoms with Gasteiger partial charge in [0, 0.05) is 6.42 Å². The molecule has 0 aliphatic rings. The minimum absolute atomic E-state index is 0.163. The van der Waals surface area contributed by atoms with E-state index in [9.17, 15) is 0 Å². The van der Waals surface area contributed by atoms with Gasteiger partial charge in [-0.1, -0.05) is 6.07 Å². The molecule has 1 aromatic carbocycles. The van der Waals surface area contributed by atoms with Gasteiger partial charge in [-0.25, -0.2) is 0 Å². The first-order chi connectivity index (χ1) is 7.00. The number of nitrogens with one attached hydrogen (secondary N) is 1. The van der Waals surface area contributed by atoms with Crippen molar-refractivity contribution in [3.63, 3.8) is 0 Å². The van der Waals surface area contributed by atoms with E-state index in [0.29, 0.717) is 13.0 Å². The van der Waals surface area contributed by atoms with Crippen LogP contribution in [0.2, 0.25) is 0 Å². The third-order valence-electron chi connectivity index (χ3n) is 2.42. The monoisotopic (exact) mass is 206 g/mol. The highest BCUT2D eigenvalue weighted by molar-refractivity contribution is 5.76. The van der Waals surface area contributed by atoms with Crippen molar-refractivity contribution in [2.45, 2.75) is 27.2 Å². The van der Waals surface area contributed by atoms with Crippen molar-refractivity contribution in [2.75, 3.05) is 6.61 Å². The van der Waals surface area contributed by atoms with Gasteiger partial charge in [-0.2, -0.15) is 0 Å². The molecule has 15 heavy (non-hydrogen) atoms. The maximum atomic E-state index is 7.09. The van der Waals surface area contributed by atoms with Crippen molar-refractivity contribution in [2.24, 2.45) is 5.73 Å². The fraction of sp³-hybridized carbons (Fsp3) is 0.417. The summed E-state index contributed by atoms with van der Waals surface area (Å²) in [5, 5.41) is 7.09. The molecule has 0 spiro atoms. The van der Waals surface area contributed by atoms with Crippen molar-refractivity contribution in [1.82, 2.24) is 0 Å². The molecule has 0 amide bonds. The van der Waals surface area contributed by atoms with Crippen molar-refractivity contribution in [1.29, 1.82) is 5.41 Å². The van der Waals surface area contributed by atoms with Gasteiger partial charge in [0.25, 0.3) is 0 Å². The zero-order valence-corrected chi connectivity index (χ0v) is 9.55. The summed E-state index contributed by atoms with van der Waals surface area (Å²) in [6.45, 7) is 6.64. The average molecular weight is 206 g/mol. The fourth-order valence-corrected chi connectivity index (χ4v) is 1.36. The minimum Gasteiger partial charge on any atom is -0.493 e. The van der Waals surface area contributed by atoms with Gasteiger partial charge < -0.3 is 10.5 Å². The van der Waals surface area contributed by atoms with E-state index >= 15 is 0 Å². The van der Waals surface area contributed by atoms with Gasteiger partial charge >= 0.3 is 0 Å². The lowest BCUT2D eigenvalue weighted by atomic mass is 10.1. The molecule has 0 heterocycles. The smallest absolute Gasteiger partial charge is 0.122 e. The van der Waals surface area contributed by atoms with Crippen LogP contribution in [0.5, 0.6) is 5.75 Å². The Kier molecular flexibility index (Phi) is 3.72. The maximum Gasteiger partial charge on any atom is 0.122 e. The zero-order valence-electron chi connectivity index (χ0n) is 9.55. The number of aryl methyl sites for hydroxylation is 3. The van der Waals surface area contributed by atoms with E-state index in [1.807, 2.05) is 13.0 Å². The second kappa shape index (κ2) is 4.82. The predicted octanol–water partition coefficient (Wildman–Crippen LogP) is 2.32. The number of ether oxygens (including phenoxy) is 1. The number of rotatable bonds is 4. The Hall–Kier alpha value is -1.51. The Balaban J connectivity index is 2.69. The highest BCUT2D eigenvalue weighted by atomic mass is 16.5. The van der Waals surface area contributed by atoms with Gasteiger partial charge in [-0.05, 0) is 43.5 Å². The Morgan fingerprint density at radius 2 is 1.80 bits per heavy atom. The minimum atomic E-state index is 0.163. The molecular weight excluding hydrogens is 188 g/mol. The maximum absolute atomic E-state index is 7.09. The molecule has 0 atom stereocenters. The molecule has 0 radical (unpaired) electrons. The molecule has 1 rings (SSSR count). The molecule has 0 saturated heterocycles. The summed E-state index contributed by atoms with van der Waals surface area (Å²) in [6, 6.07) is 4.14. The molecule has 82 valence electrons.